The van der Waals surface area contributed by atoms with Crippen molar-refractivity contribution < 1.29 is 4.79 Å². The minimum absolute atomic E-state index is 0.0621. The quantitative estimate of drug-likeness (QED) is 0.874. The Morgan fingerprint density at radius 3 is 2.94 bits per heavy atom. The molecule has 5 aliphatic carbocycles. The maximum Gasteiger partial charge on any atom is 0.233 e. The van der Waals surface area contributed by atoms with Crippen molar-refractivity contribution in [2.75, 3.05) is 5.32 Å². The number of hydrogen-bond donors (Lipinski definition) is 1. The lowest BCUT2D eigenvalue weighted by atomic mass is 9.21. The van der Waals surface area contributed by atoms with Crippen molar-refractivity contribution in [3.05, 3.63) is 11.6 Å². The fourth-order valence-corrected chi connectivity index (χ4v) is 5.74. The molecule has 0 aliphatic heterocycles. The first-order valence-corrected chi connectivity index (χ1v) is 7.14. The number of nitrogens with zero attached hydrogens (tertiary/aromatic N) is 1. The summed E-state index contributed by atoms with van der Waals surface area (Å²) in [5, 5.41) is 5.66. The molecule has 4 unspecified atom stereocenters. The summed E-state index contributed by atoms with van der Waals surface area (Å²) in [6, 6.07) is 0. The average Bonchev–Trinajstić information content (AvgIpc) is 2.90. The number of carbonyl (C=O) groups excluding carboxylic acids is 1. The van der Waals surface area contributed by atoms with E-state index in [0.717, 1.165) is 11.6 Å². The van der Waals surface area contributed by atoms with Crippen LogP contribution in [0.25, 0.3) is 0 Å². The molecule has 0 saturated heterocycles. The van der Waals surface area contributed by atoms with Crippen LogP contribution in [-0.4, -0.2) is 10.9 Å². The SMILES string of the molecule is CC12CC3(C(=O)Nc4nccs4)C1CCC23C. The Balaban J connectivity index is 1.64. The molecule has 1 heterocycles. The van der Waals surface area contributed by atoms with Crippen LogP contribution < -0.4 is 5.32 Å². The molecule has 5 aliphatic rings. The van der Waals surface area contributed by atoms with E-state index in [-0.39, 0.29) is 16.7 Å². The van der Waals surface area contributed by atoms with E-state index in [0.29, 0.717) is 11.3 Å². The molecule has 3 nitrogen and oxygen atoms in total. The van der Waals surface area contributed by atoms with Crippen molar-refractivity contribution in [2.45, 2.75) is 33.1 Å². The van der Waals surface area contributed by atoms with E-state index >= 15 is 0 Å². The number of rotatable bonds is 2. The number of thiazole rings is 1. The Bertz CT molecular complexity index is 513. The molecule has 1 N–H and O–H groups in total. The van der Waals surface area contributed by atoms with Gasteiger partial charge in [-0.1, -0.05) is 13.8 Å². The lowest BCUT2D eigenvalue weighted by Gasteiger charge is -2.81. The molecule has 1 aromatic heterocycles. The average molecular weight is 248 g/mol. The van der Waals surface area contributed by atoms with Crippen molar-refractivity contribution >= 4 is 22.4 Å². The van der Waals surface area contributed by atoms with Crippen molar-refractivity contribution in [3.8, 4) is 0 Å². The highest BCUT2D eigenvalue weighted by molar-refractivity contribution is 7.13. The van der Waals surface area contributed by atoms with E-state index in [2.05, 4.69) is 24.1 Å². The number of fused-ring (bicyclic) bond motifs is 1. The fraction of sp³-hybridized carbons (Fsp3) is 0.692. The lowest BCUT2D eigenvalue weighted by Crippen LogP contribution is -2.81. The Kier molecular flexibility index (Phi) is 1.53. The van der Waals surface area contributed by atoms with Crippen molar-refractivity contribution in [1.29, 1.82) is 0 Å². The molecule has 4 heteroatoms. The molecule has 17 heavy (non-hydrogen) atoms. The highest BCUT2D eigenvalue weighted by Crippen LogP contribution is 2.93. The fourth-order valence-electron chi connectivity index (χ4n) is 5.21. The van der Waals surface area contributed by atoms with Gasteiger partial charge in [0, 0.05) is 11.6 Å². The molecule has 0 aromatic carbocycles. The maximum atomic E-state index is 12.5. The summed E-state index contributed by atoms with van der Waals surface area (Å²) in [6.07, 6.45) is 5.27. The summed E-state index contributed by atoms with van der Waals surface area (Å²) in [4.78, 5) is 16.7. The zero-order valence-electron chi connectivity index (χ0n) is 10.1. The Morgan fingerprint density at radius 1 is 1.59 bits per heavy atom. The topological polar surface area (TPSA) is 42.0 Å². The van der Waals surface area contributed by atoms with Gasteiger partial charge in [0.15, 0.2) is 5.13 Å². The summed E-state index contributed by atoms with van der Waals surface area (Å²) < 4.78 is 0. The van der Waals surface area contributed by atoms with Gasteiger partial charge in [0.2, 0.25) is 5.91 Å². The minimum atomic E-state index is -0.0621. The van der Waals surface area contributed by atoms with Gasteiger partial charge in [-0.25, -0.2) is 4.98 Å². The van der Waals surface area contributed by atoms with E-state index < -0.39 is 0 Å². The normalized spacial score (nSPS) is 49.4. The second kappa shape index (κ2) is 2.58. The summed E-state index contributed by atoms with van der Waals surface area (Å²) >= 11 is 1.50. The van der Waals surface area contributed by atoms with Crippen LogP contribution in [0.3, 0.4) is 0 Å². The molecule has 4 bridgehead atoms. The summed E-state index contributed by atoms with van der Waals surface area (Å²) in [6.45, 7) is 4.67. The summed E-state index contributed by atoms with van der Waals surface area (Å²) in [5.41, 5.74) is 0.645. The van der Waals surface area contributed by atoms with Crippen LogP contribution in [0.5, 0.6) is 0 Å². The molecule has 90 valence electrons. The van der Waals surface area contributed by atoms with E-state index in [1.54, 1.807) is 6.20 Å². The number of aromatic nitrogens is 1. The Labute approximate surface area is 105 Å². The summed E-state index contributed by atoms with van der Waals surface area (Å²) in [7, 11) is 0. The van der Waals surface area contributed by atoms with Gasteiger partial charge in [0.05, 0.1) is 5.41 Å². The summed E-state index contributed by atoms with van der Waals surface area (Å²) in [5.74, 6) is 0.848. The van der Waals surface area contributed by atoms with Crippen LogP contribution in [0.15, 0.2) is 11.6 Å². The van der Waals surface area contributed by atoms with Crippen molar-refractivity contribution in [3.63, 3.8) is 0 Å². The number of nitrogens with one attached hydrogen (secondary N) is 1. The van der Waals surface area contributed by atoms with Crippen LogP contribution in [0, 0.1) is 22.2 Å². The molecule has 0 spiro atoms. The number of anilines is 1. The molecular weight excluding hydrogens is 232 g/mol. The maximum absolute atomic E-state index is 12.5. The zero-order valence-corrected chi connectivity index (χ0v) is 10.9. The molecule has 1 aromatic rings. The van der Waals surface area contributed by atoms with Gasteiger partial charge in [-0.15, -0.1) is 11.3 Å². The van der Waals surface area contributed by atoms with E-state index in [1.165, 1.54) is 24.2 Å². The third-order valence-electron chi connectivity index (χ3n) is 6.25. The molecule has 5 fully saturated rings. The smallest absolute Gasteiger partial charge is 0.233 e. The number of carbonyl (C=O) groups is 1. The standard InChI is InChI=1S/C13H16N2OS/c1-11-7-13(8(11)3-4-12(11,13)2)9(16)15-10-14-5-6-17-10/h5-6,8H,3-4,7H2,1-2H3,(H,14,15,16). The van der Waals surface area contributed by atoms with Crippen molar-refractivity contribution in [2.24, 2.45) is 22.2 Å². The van der Waals surface area contributed by atoms with Gasteiger partial charge in [-0.2, -0.15) is 0 Å². The molecule has 0 radical (unpaired) electrons. The largest absolute Gasteiger partial charge is 0.301 e. The van der Waals surface area contributed by atoms with E-state index in [1.807, 2.05) is 5.38 Å². The van der Waals surface area contributed by atoms with E-state index in [4.69, 9.17) is 0 Å². The van der Waals surface area contributed by atoms with Crippen LogP contribution in [0.1, 0.15) is 33.1 Å². The molecule has 4 atom stereocenters. The molecular formula is C13H16N2OS. The van der Waals surface area contributed by atoms with Gasteiger partial charge in [-0.3, -0.25) is 4.79 Å². The van der Waals surface area contributed by atoms with Gasteiger partial charge < -0.3 is 5.32 Å². The zero-order chi connectivity index (χ0) is 11.9. The highest BCUT2D eigenvalue weighted by Gasteiger charge is 2.91. The van der Waals surface area contributed by atoms with Gasteiger partial charge >= 0.3 is 0 Å². The van der Waals surface area contributed by atoms with Crippen LogP contribution >= 0.6 is 11.3 Å². The first-order chi connectivity index (χ1) is 8.05. The molecule has 6 rings (SSSR count). The Hall–Kier alpha value is -0.900. The minimum Gasteiger partial charge on any atom is -0.301 e. The van der Waals surface area contributed by atoms with Gasteiger partial charge in [-0.05, 0) is 36.0 Å². The second-order valence-electron chi connectivity index (χ2n) is 6.28. The number of amides is 1. The van der Waals surface area contributed by atoms with Crippen LogP contribution in [-0.2, 0) is 4.79 Å². The second-order valence-corrected chi connectivity index (χ2v) is 7.17. The first kappa shape index (κ1) is 10.1. The number of hydrogen-bond acceptors (Lipinski definition) is 3. The van der Waals surface area contributed by atoms with Gasteiger partial charge in [0.25, 0.3) is 0 Å². The Morgan fingerprint density at radius 2 is 2.41 bits per heavy atom. The molecule has 1 amide bonds. The van der Waals surface area contributed by atoms with Crippen LogP contribution in [0.4, 0.5) is 5.13 Å². The first-order valence-electron chi connectivity index (χ1n) is 6.26. The van der Waals surface area contributed by atoms with Crippen LogP contribution in [0.2, 0.25) is 0 Å². The molecule has 5 saturated carbocycles. The highest BCUT2D eigenvalue weighted by atomic mass is 32.1. The van der Waals surface area contributed by atoms with Gasteiger partial charge in [0.1, 0.15) is 0 Å². The third kappa shape index (κ3) is 0.768. The predicted octanol–water partition coefficient (Wildman–Crippen LogP) is 2.91. The third-order valence-corrected chi connectivity index (χ3v) is 6.93. The van der Waals surface area contributed by atoms with Crippen molar-refractivity contribution in [1.82, 2.24) is 4.98 Å². The monoisotopic (exact) mass is 248 g/mol. The predicted molar refractivity (Wildman–Crippen MR) is 66.7 cm³/mol. The lowest BCUT2D eigenvalue weighted by molar-refractivity contribution is -0.326. The van der Waals surface area contributed by atoms with E-state index in [9.17, 15) is 4.79 Å².